The molecule has 0 aromatic carbocycles. The summed E-state index contributed by atoms with van der Waals surface area (Å²) in [4.78, 5) is 15.6. The van der Waals surface area contributed by atoms with Crippen molar-refractivity contribution >= 4 is 17.5 Å². The van der Waals surface area contributed by atoms with E-state index in [2.05, 4.69) is 11.6 Å². The maximum atomic E-state index is 11.6. The van der Waals surface area contributed by atoms with E-state index in [4.69, 9.17) is 0 Å². The lowest BCUT2D eigenvalue weighted by atomic mass is 10.2. The van der Waals surface area contributed by atoms with Crippen LogP contribution in [0.25, 0.3) is 5.70 Å². The highest BCUT2D eigenvalue weighted by Gasteiger charge is 2.20. The SMILES string of the molecule is C=C1CSc2nc(=O)c(CC)c(C)n21. The van der Waals surface area contributed by atoms with Crippen molar-refractivity contribution in [1.82, 2.24) is 9.55 Å². The molecule has 3 nitrogen and oxygen atoms in total. The van der Waals surface area contributed by atoms with Gasteiger partial charge in [0.15, 0.2) is 5.16 Å². The molecule has 2 rings (SSSR count). The Kier molecular flexibility index (Phi) is 2.23. The van der Waals surface area contributed by atoms with Gasteiger partial charge >= 0.3 is 0 Å². The second-order valence-electron chi connectivity index (χ2n) is 3.31. The highest BCUT2D eigenvalue weighted by Crippen LogP contribution is 2.30. The smallest absolute Gasteiger partial charge is 0.277 e. The number of nitrogens with zero attached hydrogens (tertiary/aromatic N) is 2. The zero-order chi connectivity index (χ0) is 10.3. The van der Waals surface area contributed by atoms with E-state index in [9.17, 15) is 4.79 Å². The molecular formula is C10H12N2OS. The van der Waals surface area contributed by atoms with Crippen LogP contribution >= 0.6 is 11.8 Å². The van der Waals surface area contributed by atoms with Crippen molar-refractivity contribution in [2.45, 2.75) is 25.4 Å². The molecule has 0 saturated heterocycles. The van der Waals surface area contributed by atoms with Crippen molar-refractivity contribution in [3.05, 3.63) is 28.2 Å². The monoisotopic (exact) mass is 208 g/mol. The lowest BCUT2D eigenvalue weighted by Crippen LogP contribution is -2.19. The lowest BCUT2D eigenvalue weighted by molar-refractivity contribution is 0.781. The zero-order valence-electron chi connectivity index (χ0n) is 8.33. The van der Waals surface area contributed by atoms with Gasteiger partial charge < -0.3 is 0 Å². The number of hydrogen-bond donors (Lipinski definition) is 0. The Hall–Kier alpha value is -1.03. The van der Waals surface area contributed by atoms with Crippen LogP contribution in [0.1, 0.15) is 18.2 Å². The molecule has 2 heterocycles. The van der Waals surface area contributed by atoms with Gasteiger partial charge in [-0.2, -0.15) is 4.98 Å². The van der Waals surface area contributed by atoms with E-state index in [1.165, 1.54) is 0 Å². The van der Waals surface area contributed by atoms with Crippen LogP contribution in [-0.4, -0.2) is 15.3 Å². The zero-order valence-corrected chi connectivity index (χ0v) is 9.15. The van der Waals surface area contributed by atoms with Gasteiger partial charge in [-0.05, 0) is 13.3 Å². The average molecular weight is 208 g/mol. The number of fused-ring (bicyclic) bond motifs is 1. The van der Waals surface area contributed by atoms with Crippen molar-refractivity contribution in [1.29, 1.82) is 0 Å². The Balaban J connectivity index is 2.77. The largest absolute Gasteiger partial charge is 0.297 e. The fraction of sp³-hybridized carbons (Fsp3) is 0.400. The van der Waals surface area contributed by atoms with Gasteiger partial charge in [-0.15, -0.1) is 0 Å². The Bertz CT molecular complexity index is 462. The van der Waals surface area contributed by atoms with Crippen molar-refractivity contribution in [3.8, 4) is 0 Å². The summed E-state index contributed by atoms with van der Waals surface area (Å²) in [5, 5.41) is 0.787. The normalized spacial score (nSPS) is 14.6. The Morgan fingerprint density at radius 3 is 3.00 bits per heavy atom. The molecular weight excluding hydrogens is 196 g/mol. The first-order valence-electron chi connectivity index (χ1n) is 4.58. The number of aromatic nitrogens is 2. The van der Waals surface area contributed by atoms with E-state index in [1.807, 2.05) is 18.4 Å². The predicted molar refractivity (Wildman–Crippen MR) is 58.7 cm³/mol. The fourth-order valence-corrected chi connectivity index (χ4v) is 2.69. The minimum atomic E-state index is -0.0848. The van der Waals surface area contributed by atoms with Gasteiger partial charge in [0.25, 0.3) is 5.56 Å². The van der Waals surface area contributed by atoms with Gasteiger partial charge in [0.05, 0.1) is 0 Å². The number of hydrogen-bond acceptors (Lipinski definition) is 3. The molecule has 0 unspecified atom stereocenters. The second-order valence-corrected chi connectivity index (χ2v) is 4.25. The number of thioether (sulfide) groups is 1. The van der Waals surface area contributed by atoms with Gasteiger partial charge in [0.2, 0.25) is 0 Å². The molecule has 74 valence electrons. The fourth-order valence-electron chi connectivity index (χ4n) is 1.73. The van der Waals surface area contributed by atoms with E-state index in [-0.39, 0.29) is 5.56 Å². The van der Waals surface area contributed by atoms with E-state index in [0.717, 1.165) is 34.3 Å². The molecule has 0 fully saturated rings. The van der Waals surface area contributed by atoms with Crippen LogP contribution in [0.4, 0.5) is 0 Å². The molecule has 0 spiro atoms. The van der Waals surface area contributed by atoms with Crippen LogP contribution < -0.4 is 5.56 Å². The Morgan fingerprint density at radius 1 is 1.64 bits per heavy atom. The van der Waals surface area contributed by atoms with E-state index >= 15 is 0 Å². The summed E-state index contributed by atoms with van der Waals surface area (Å²) in [7, 11) is 0. The molecule has 0 atom stereocenters. The van der Waals surface area contributed by atoms with E-state index < -0.39 is 0 Å². The molecule has 0 radical (unpaired) electrons. The third-order valence-corrected chi connectivity index (χ3v) is 3.47. The summed E-state index contributed by atoms with van der Waals surface area (Å²) in [5.41, 5.74) is 2.73. The first-order valence-corrected chi connectivity index (χ1v) is 5.57. The Morgan fingerprint density at radius 2 is 2.36 bits per heavy atom. The van der Waals surface area contributed by atoms with Crippen molar-refractivity contribution in [2.75, 3.05) is 5.75 Å². The summed E-state index contributed by atoms with van der Waals surface area (Å²) < 4.78 is 1.99. The van der Waals surface area contributed by atoms with Gasteiger partial charge in [-0.3, -0.25) is 9.36 Å². The molecule has 0 saturated carbocycles. The molecule has 0 aliphatic carbocycles. The molecule has 1 aliphatic rings. The van der Waals surface area contributed by atoms with Crippen molar-refractivity contribution < 1.29 is 0 Å². The Labute approximate surface area is 86.9 Å². The topological polar surface area (TPSA) is 34.9 Å². The molecule has 1 aromatic heterocycles. The van der Waals surface area contributed by atoms with E-state index in [1.54, 1.807) is 11.8 Å². The molecule has 0 amide bonds. The van der Waals surface area contributed by atoms with Crippen LogP contribution in [0.2, 0.25) is 0 Å². The molecule has 1 aliphatic heterocycles. The predicted octanol–water partition coefficient (Wildman–Crippen LogP) is 1.69. The minimum absolute atomic E-state index is 0.0848. The van der Waals surface area contributed by atoms with Crippen LogP contribution in [0.3, 0.4) is 0 Å². The molecule has 1 aromatic rings. The maximum Gasteiger partial charge on any atom is 0.277 e. The maximum absolute atomic E-state index is 11.6. The quantitative estimate of drug-likeness (QED) is 0.659. The van der Waals surface area contributed by atoms with Crippen LogP contribution in [0.15, 0.2) is 16.5 Å². The van der Waals surface area contributed by atoms with Crippen LogP contribution in [0, 0.1) is 6.92 Å². The minimum Gasteiger partial charge on any atom is -0.297 e. The lowest BCUT2D eigenvalue weighted by Gasteiger charge is -2.10. The summed E-state index contributed by atoms with van der Waals surface area (Å²) in [6.07, 6.45) is 0.732. The molecule has 14 heavy (non-hydrogen) atoms. The first-order chi connectivity index (χ1) is 6.65. The van der Waals surface area contributed by atoms with Crippen LogP contribution in [0.5, 0.6) is 0 Å². The summed E-state index contributed by atoms with van der Waals surface area (Å²) in [6.45, 7) is 7.90. The van der Waals surface area contributed by atoms with Crippen molar-refractivity contribution in [2.24, 2.45) is 0 Å². The van der Waals surface area contributed by atoms with Gasteiger partial charge in [0, 0.05) is 22.7 Å². The molecule has 0 N–H and O–H groups in total. The summed E-state index contributed by atoms with van der Waals surface area (Å²) in [5.74, 6) is 0.834. The first kappa shape index (κ1) is 9.52. The van der Waals surface area contributed by atoms with E-state index in [0.29, 0.717) is 0 Å². The second kappa shape index (κ2) is 3.28. The summed E-state index contributed by atoms with van der Waals surface area (Å²) in [6, 6.07) is 0. The number of rotatable bonds is 1. The van der Waals surface area contributed by atoms with Gasteiger partial charge in [0.1, 0.15) is 0 Å². The summed E-state index contributed by atoms with van der Waals surface area (Å²) >= 11 is 1.58. The van der Waals surface area contributed by atoms with Gasteiger partial charge in [-0.1, -0.05) is 25.3 Å². The molecule has 4 heteroatoms. The highest BCUT2D eigenvalue weighted by molar-refractivity contribution is 7.99. The van der Waals surface area contributed by atoms with Crippen molar-refractivity contribution in [3.63, 3.8) is 0 Å². The highest BCUT2D eigenvalue weighted by atomic mass is 32.2. The third-order valence-electron chi connectivity index (χ3n) is 2.46. The van der Waals surface area contributed by atoms with Gasteiger partial charge in [-0.25, -0.2) is 0 Å². The standard InChI is InChI=1S/C10H12N2OS/c1-4-8-7(3)12-6(2)5-14-10(12)11-9(8)13/h2,4-5H2,1,3H3. The molecule has 0 bridgehead atoms. The average Bonchev–Trinajstić information content (AvgIpc) is 2.48. The van der Waals surface area contributed by atoms with Crippen LogP contribution in [-0.2, 0) is 6.42 Å². The third kappa shape index (κ3) is 1.21.